The molecule has 0 saturated heterocycles. The summed E-state index contributed by atoms with van der Waals surface area (Å²) in [5, 5.41) is 4.74. The van der Waals surface area contributed by atoms with Crippen molar-refractivity contribution in [3.8, 4) is 0 Å². The van der Waals surface area contributed by atoms with Gasteiger partial charge in [-0.25, -0.2) is 23.5 Å². The Hall–Kier alpha value is -1.01. The quantitative estimate of drug-likeness (QED) is 0.614. The Morgan fingerprint density at radius 1 is 1.33 bits per heavy atom. The van der Waals surface area contributed by atoms with Crippen molar-refractivity contribution >= 4 is 10.0 Å². The average Bonchev–Trinajstić information content (AvgIpc) is 1.82. The van der Waals surface area contributed by atoms with Crippen LogP contribution < -0.4 is 5.14 Å². The van der Waals surface area contributed by atoms with Gasteiger partial charge in [-0.3, -0.25) is 0 Å². The van der Waals surface area contributed by atoms with Crippen LogP contribution >= 0.6 is 0 Å². The van der Waals surface area contributed by atoms with Crippen molar-refractivity contribution < 1.29 is 8.42 Å². The summed E-state index contributed by atoms with van der Waals surface area (Å²) in [6, 6.07) is 1.34. The molecule has 0 fully saturated rings. The lowest BCUT2D eigenvalue weighted by atomic mass is 10.4. The van der Waals surface area contributed by atoms with Gasteiger partial charge in [0.2, 0.25) is 0 Å². The maximum Gasteiger partial charge on any atom is 0.255 e. The van der Waals surface area contributed by atoms with Crippen molar-refractivity contribution in [2.75, 3.05) is 0 Å². The zero-order valence-electron chi connectivity index (χ0n) is 6.77. The first kappa shape index (κ1) is 9.08. The van der Waals surface area contributed by atoms with Crippen molar-refractivity contribution in [2.45, 2.75) is 18.9 Å². The third kappa shape index (κ3) is 1.99. The third-order valence-electron chi connectivity index (χ3n) is 1.23. The summed E-state index contributed by atoms with van der Waals surface area (Å²) in [5.41, 5.74) is 0.589. The van der Waals surface area contributed by atoms with Gasteiger partial charge in [-0.1, -0.05) is 0 Å². The molecule has 0 amide bonds. The number of primary sulfonamides is 1. The van der Waals surface area contributed by atoms with Crippen LogP contribution in [0.5, 0.6) is 0 Å². The van der Waals surface area contributed by atoms with Crippen LogP contribution in [-0.2, 0) is 10.0 Å². The van der Waals surface area contributed by atoms with Crippen molar-refractivity contribution in [3.63, 3.8) is 0 Å². The minimum Gasteiger partial charge on any atom is -0.238 e. The molecule has 1 aromatic rings. The zero-order valence-corrected chi connectivity index (χ0v) is 7.59. The van der Waals surface area contributed by atoms with Crippen LogP contribution in [0.25, 0.3) is 0 Å². The molecule has 1 heterocycles. The molecule has 0 saturated carbocycles. The van der Waals surface area contributed by atoms with Crippen LogP contribution in [0.4, 0.5) is 0 Å². The Balaban J connectivity index is 3.37. The highest BCUT2D eigenvalue weighted by atomic mass is 32.2. The molecule has 0 aliphatic carbocycles. The Kier molecular flexibility index (Phi) is 2.12. The topological polar surface area (TPSA) is 85.9 Å². The first-order valence-electron chi connectivity index (χ1n) is 3.24. The maximum absolute atomic E-state index is 10.8. The van der Waals surface area contributed by atoms with Gasteiger partial charge >= 0.3 is 0 Å². The molecule has 0 aromatic carbocycles. The average molecular weight is 187 g/mol. The molecule has 0 spiro atoms. The first-order chi connectivity index (χ1) is 5.39. The second-order valence-corrected chi connectivity index (χ2v) is 3.95. The van der Waals surface area contributed by atoms with Crippen LogP contribution in [0.3, 0.4) is 0 Å². The summed E-state index contributed by atoms with van der Waals surface area (Å²) in [7, 11) is -3.70. The van der Waals surface area contributed by atoms with Gasteiger partial charge in [0, 0.05) is 5.69 Å². The summed E-state index contributed by atoms with van der Waals surface area (Å²) in [6.45, 7) is 3.30. The number of sulfonamides is 1. The molecular weight excluding hydrogens is 178 g/mol. The predicted octanol–water partition coefficient (Wildman–Crippen LogP) is -0.259. The van der Waals surface area contributed by atoms with Crippen LogP contribution in [0.15, 0.2) is 11.1 Å². The van der Waals surface area contributed by atoms with Gasteiger partial charge in [0.25, 0.3) is 10.0 Å². The Bertz CT molecular complexity index is 379. The lowest BCUT2D eigenvalue weighted by Crippen LogP contribution is -2.15. The number of nitrogens with zero attached hydrogens (tertiary/aromatic N) is 2. The van der Waals surface area contributed by atoms with Gasteiger partial charge in [0.1, 0.15) is 5.82 Å². The van der Waals surface area contributed by atoms with E-state index in [9.17, 15) is 8.42 Å². The molecular formula is C6H9N3O2S. The van der Waals surface area contributed by atoms with E-state index in [-0.39, 0.29) is 5.03 Å². The Labute approximate surface area is 70.7 Å². The second kappa shape index (κ2) is 2.80. The second-order valence-electron chi connectivity index (χ2n) is 2.44. The van der Waals surface area contributed by atoms with Gasteiger partial charge in [0.05, 0.1) is 0 Å². The molecule has 0 bridgehead atoms. The fraction of sp³-hybridized carbons (Fsp3) is 0.333. The molecule has 5 nitrogen and oxygen atoms in total. The van der Waals surface area contributed by atoms with E-state index in [4.69, 9.17) is 5.14 Å². The molecule has 66 valence electrons. The highest BCUT2D eigenvalue weighted by molar-refractivity contribution is 7.89. The van der Waals surface area contributed by atoms with Crippen LogP contribution in [0, 0.1) is 13.8 Å². The van der Waals surface area contributed by atoms with Gasteiger partial charge in [-0.2, -0.15) is 0 Å². The van der Waals surface area contributed by atoms with Crippen molar-refractivity contribution in [2.24, 2.45) is 5.14 Å². The SMILES string of the molecule is Cc1cc(S(N)(=O)=O)nc(C)n1. The fourth-order valence-corrected chi connectivity index (χ4v) is 1.42. The maximum atomic E-state index is 10.8. The molecule has 6 heteroatoms. The number of nitrogens with two attached hydrogens (primary N) is 1. The smallest absolute Gasteiger partial charge is 0.238 e. The first-order valence-corrected chi connectivity index (χ1v) is 4.79. The van der Waals surface area contributed by atoms with Gasteiger partial charge < -0.3 is 0 Å². The molecule has 1 rings (SSSR count). The van der Waals surface area contributed by atoms with E-state index in [0.29, 0.717) is 11.5 Å². The summed E-state index contributed by atoms with van der Waals surface area (Å²) in [4.78, 5) is 7.60. The number of rotatable bonds is 1. The van der Waals surface area contributed by atoms with Crippen molar-refractivity contribution in [1.29, 1.82) is 0 Å². The third-order valence-corrected chi connectivity index (χ3v) is 2.03. The highest BCUT2D eigenvalue weighted by Crippen LogP contribution is 2.04. The monoisotopic (exact) mass is 187 g/mol. The number of hydrogen-bond acceptors (Lipinski definition) is 4. The minimum atomic E-state index is -3.70. The van der Waals surface area contributed by atoms with Crippen LogP contribution in [0.1, 0.15) is 11.5 Å². The van der Waals surface area contributed by atoms with E-state index >= 15 is 0 Å². The minimum absolute atomic E-state index is 0.132. The number of aryl methyl sites for hydroxylation is 2. The lowest BCUT2D eigenvalue weighted by molar-refractivity contribution is 0.592. The van der Waals surface area contributed by atoms with Crippen molar-refractivity contribution in [1.82, 2.24) is 9.97 Å². The van der Waals surface area contributed by atoms with Gasteiger partial charge in [-0.05, 0) is 19.9 Å². The van der Waals surface area contributed by atoms with E-state index in [1.54, 1.807) is 13.8 Å². The standard InChI is InChI=1S/C6H9N3O2S/c1-4-3-6(12(7,10)11)9-5(2)8-4/h3H,1-2H3,(H2,7,10,11). The highest BCUT2D eigenvalue weighted by Gasteiger charge is 2.10. The fourth-order valence-electron chi connectivity index (χ4n) is 0.829. The van der Waals surface area contributed by atoms with Gasteiger partial charge in [-0.15, -0.1) is 0 Å². The largest absolute Gasteiger partial charge is 0.255 e. The molecule has 0 radical (unpaired) electrons. The molecule has 0 aliphatic heterocycles. The predicted molar refractivity (Wildman–Crippen MR) is 42.9 cm³/mol. The van der Waals surface area contributed by atoms with E-state index in [2.05, 4.69) is 9.97 Å². The summed E-state index contributed by atoms with van der Waals surface area (Å²) >= 11 is 0. The van der Waals surface area contributed by atoms with Crippen LogP contribution in [-0.4, -0.2) is 18.4 Å². The summed E-state index contributed by atoms with van der Waals surface area (Å²) in [5.74, 6) is 0.402. The normalized spacial score (nSPS) is 11.6. The lowest BCUT2D eigenvalue weighted by Gasteiger charge is -1.99. The van der Waals surface area contributed by atoms with E-state index in [1.807, 2.05) is 0 Å². The van der Waals surface area contributed by atoms with Crippen LogP contribution in [0.2, 0.25) is 0 Å². The van der Waals surface area contributed by atoms with E-state index in [1.165, 1.54) is 6.07 Å². The Morgan fingerprint density at radius 2 is 1.92 bits per heavy atom. The van der Waals surface area contributed by atoms with Gasteiger partial charge in [0.15, 0.2) is 5.03 Å². The van der Waals surface area contributed by atoms with Crippen molar-refractivity contribution in [3.05, 3.63) is 17.6 Å². The molecule has 0 aliphatic rings. The zero-order chi connectivity index (χ0) is 9.35. The molecule has 0 unspecified atom stereocenters. The number of aromatic nitrogens is 2. The summed E-state index contributed by atoms with van der Waals surface area (Å²) < 4.78 is 21.6. The summed E-state index contributed by atoms with van der Waals surface area (Å²) in [6.07, 6.45) is 0. The Morgan fingerprint density at radius 3 is 2.33 bits per heavy atom. The molecule has 1 aromatic heterocycles. The van der Waals surface area contributed by atoms with E-state index in [0.717, 1.165) is 0 Å². The molecule has 2 N–H and O–H groups in total. The number of hydrogen-bond donors (Lipinski definition) is 1. The molecule has 12 heavy (non-hydrogen) atoms. The molecule has 0 atom stereocenters. The van der Waals surface area contributed by atoms with E-state index < -0.39 is 10.0 Å².